The molecule has 6 heteroatoms. The van der Waals surface area contributed by atoms with Crippen LogP contribution in [0.3, 0.4) is 0 Å². The topological polar surface area (TPSA) is 68.0 Å². The first-order valence-corrected chi connectivity index (χ1v) is 7.85. The van der Waals surface area contributed by atoms with Crippen molar-refractivity contribution in [3.63, 3.8) is 0 Å². The number of halogens is 1. The Morgan fingerprint density at radius 1 is 1.21 bits per heavy atom. The van der Waals surface area contributed by atoms with Crippen molar-refractivity contribution >= 4 is 17.5 Å². The summed E-state index contributed by atoms with van der Waals surface area (Å²) in [5.74, 6) is 0.603. The highest BCUT2D eigenvalue weighted by Crippen LogP contribution is 2.20. The van der Waals surface area contributed by atoms with E-state index in [1.165, 1.54) is 0 Å². The van der Waals surface area contributed by atoms with Crippen molar-refractivity contribution in [3.05, 3.63) is 70.1 Å². The number of aromatic nitrogens is 2. The van der Waals surface area contributed by atoms with Crippen molar-refractivity contribution in [1.29, 1.82) is 0 Å². The van der Waals surface area contributed by atoms with Crippen LogP contribution in [0.25, 0.3) is 11.4 Å². The molecule has 3 aromatic rings. The van der Waals surface area contributed by atoms with Gasteiger partial charge in [-0.3, -0.25) is 4.79 Å². The third-order valence-electron chi connectivity index (χ3n) is 3.58. The Morgan fingerprint density at radius 3 is 2.79 bits per heavy atom. The fourth-order valence-corrected chi connectivity index (χ4v) is 2.58. The van der Waals surface area contributed by atoms with Crippen LogP contribution in [0.15, 0.2) is 47.0 Å². The Balaban J connectivity index is 1.68. The standard InChI is InChI=1S/C18H16ClN3O2/c1-11-6-7-15(12(2)8-11)18(23)20-10-16-21-17(22-24-16)13-4-3-5-14(19)9-13/h3-9H,10H2,1-2H3,(H,20,23). The smallest absolute Gasteiger partial charge is 0.251 e. The third kappa shape index (κ3) is 3.63. The van der Waals surface area contributed by atoms with Gasteiger partial charge in [0.15, 0.2) is 0 Å². The Hall–Kier alpha value is -2.66. The van der Waals surface area contributed by atoms with Gasteiger partial charge in [0.2, 0.25) is 11.7 Å². The molecule has 0 aliphatic heterocycles. The lowest BCUT2D eigenvalue weighted by atomic mass is 10.1. The quantitative estimate of drug-likeness (QED) is 0.780. The molecule has 0 bridgehead atoms. The lowest BCUT2D eigenvalue weighted by Crippen LogP contribution is -2.23. The highest BCUT2D eigenvalue weighted by Gasteiger charge is 2.12. The summed E-state index contributed by atoms with van der Waals surface area (Å²) in [6.45, 7) is 4.07. The molecular formula is C18H16ClN3O2. The molecule has 0 fully saturated rings. The molecule has 0 saturated heterocycles. The predicted molar refractivity (Wildman–Crippen MR) is 91.8 cm³/mol. The summed E-state index contributed by atoms with van der Waals surface area (Å²) in [6.07, 6.45) is 0. The Labute approximate surface area is 144 Å². The van der Waals surface area contributed by atoms with Crippen LogP contribution in [0.1, 0.15) is 27.4 Å². The number of carbonyl (C=O) groups is 1. The van der Waals surface area contributed by atoms with Crippen LogP contribution in [-0.2, 0) is 6.54 Å². The highest BCUT2D eigenvalue weighted by molar-refractivity contribution is 6.30. The number of carbonyl (C=O) groups excluding carboxylic acids is 1. The maximum Gasteiger partial charge on any atom is 0.251 e. The van der Waals surface area contributed by atoms with Gasteiger partial charge in [0.1, 0.15) is 0 Å². The van der Waals surface area contributed by atoms with E-state index in [0.29, 0.717) is 22.3 Å². The maximum absolute atomic E-state index is 12.3. The van der Waals surface area contributed by atoms with Crippen LogP contribution in [0.5, 0.6) is 0 Å². The van der Waals surface area contributed by atoms with E-state index in [9.17, 15) is 4.79 Å². The van der Waals surface area contributed by atoms with E-state index in [1.807, 2.05) is 44.2 Å². The van der Waals surface area contributed by atoms with Crippen LogP contribution in [0.2, 0.25) is 5.02 Å². The van der Waals surface area contributed by atoms with Crippen molar-refractivity contribution in [2.45, 2.75) is 20.4 Å². The largest absolute Gasteiger partial charge is 0.343 e. The summed E-state index contributed by atoms with van der Waals surface area (Å²) < 4.78 is 5.18. The van der Waals surface area contributed by atoms with E-state index in [2.05, 4.69) is 15.5 Å². The van der Waals surface area contributed by atoms with Gasteiger partial charge in [-0.25, -0.2) is 0 Å². The Morgan fingerprint density at radius 2 is 2.04 bits per heavy atom. The van der Waals surface area contributed by atoms with E-state index in [1.54, 1.807) is 12.1 Å². The first-order chi connectivity index (χ1) is 11.5. The zero-order valence-corrected chi connectivity index (χ0v) is 14.1. The number of nitrogens with one attached hydrogen (secondary N) is 1. The lowest BCUT2D eigenvalue weighted by molar-refractivity contribution is 0.0945. The summed E-state index contributed by atoms with van der Waals surface area (Å²) in [7, 11) is 0. The molecule has 0 spiro atoms. The lowest BCUT2D eigenvalue weighted by Gasteiger charge is -2.06. The van der Waals surface area contributed by atoms with E-state index >= 15 is 0 Å². The van der Waals surface area contributed by atoms with Gasteiger partial charge in [-0.2, -0.15) is 4.98 Å². The summed E-state index contributed by atoms with van der Waals surface area (Å²) in [6, 6.07) is 12.9. The second kappa shape index (κ2) is 6.84. The van der Waals surface area contributed by atoms with Crippen LogP contribution < -0.4 is 5.32 Å². The molecule has 2 aromatic carbocycles. The fraction of sp³-hybridized carbons (Fsp3) is 0.167. The van der Waals surface area contributed by atoms with Gasteiger partial charge in [-0.1, -0.05) is 46.6 Å². The third-order valence-corrected chi connectivity index (χ3v) is 3.81. The van der Waals surface area contributed by atoms with Crippen LogP contribution >= 0.6 is 11.6 Å². The zero-order valence-electron chi connectivity index (χ0n) is 13.3. The van der Waals surface area contributed by atoms with Crippen molar-refractivity contribution in [3.8, 4) is 11.4 Å². The summed E-state index contributed by atoms with van der Waals surface area (Å²) >= 11 is 5.95. The molecule has 1 heterocycles. The van der Waals surface area contributed by atoms with E-state index in [4.69, 9.17) is 16.1 Å². The molecule has 5 nitrogen and oxygen atoms in total. The van der Waals surface area contributed by atoms with Crippen molar-refractivity contribution in [1.82, 2.24) is 15.5 Å². The summed E-state index contributed by atoms with van der Waals surface area (Å²) in [5, 5.41) is 7.30. The first kappa shape index (κ1) is 16.2. The molecule has 0 unspecified atom stereocenters. The number of amides is 1. The molecule has 1 N–H and O–H groups in total. The van der Waals surface area contributed by atoms with Gasteiger partial charge >= 0.3 is 0 Å². The molecule has 0 aliphatic rings. The number of hydrogen-bond acceptors (Lipinski definition) is 4. The minimum atomic E-state index is -0.171. The fourth-order valence-electron chi connectivity index (χ4n) is 2.39. The van der Waals surface area contributed by atoms with Crippen LogP contribution in [0, 0.1) is 13.8 Å². The van der Waals surface area contributed by atoms with E-state index in [-0.39, 0.29) is 12.5 Å². The summed E-state index contributed by atoms with van der Waals surface area (Å²) in [4.78, 5) is 16.5. The van der Waals surface area contributed by atoms with Gasteiger partial charge < -0.3 is 9.84 Å². The van der Waals surface area contributed by atoms with Gasteiger partial charge in [0.25, 0.3) is 5.91 Å². The molecule has 3 rings (SSSR count). The zero-order chi connectivity index (χ0) is 17.1. The highest BCUT2D eigenvalue weighted by atomic mass is 35.5. The first-order valence-electron chi connectivity index (χ1n) is 7.47. The second-order valence-corrected chi connectivity index (χ2v) is 5.96. The molecule has 1 aromatic heterocycles. The minimum Gasteiger partial charge on any atom is -0.343 e. The number of benzene rings is 2. The van der Waals surface area contributed by atoms with Gasteiger partial charge in [0.05, 0.1) is 6.54 Å². The van der Waals surface area contributed by atoms with Gasteiger partial charge in [0, 0.05) is 16.1 Å². The molecule has 0 saturated carbocycles. The molecular weight excluding hydrogens is 326 g/mol. The van der Waals surface area contributed by atoms with Crippen molar-refractivity contribution in [2.75, 3.05) is 0 Å². The number of rotatable bonds is 4. The van der Waals surface area contributed by atoms with Crippen LogP contribution in [-0.4, -0.2) is 16.0 Å². The predicted octanol–water partition coefficient (Wildman–Crippen LogP) is 3.94. The molecule has 1 amide bonds. The second-order valence-electron chi connectivity index (χ2n) is 5.52. The Kier molecular flexibility index (Phi) is 4.62. The normalized spacial score (nSPS) is 10.6. The van der Waals surface area contributed by atoms with Gasteiger partial charge in [-0.15, -0.1) is 0 Å². The minimum absolute atomic E-state index is 0.166. The molecule has 0 aliphatic carbocycles. The van der Waals surface area contributed by atoms with E-state index in [0.717, 1.165) is 16.7 Å². The molecule has 122 valence electrons. The molecule has 24 heavy (non-hydrogen) atoms. The maximum atomic E-state index is 12.3. The average molecular weight is 342 g/mol. The SMILES string of the molecule is Cc1ccc(C(=O)NCc2nc(-c3cccc(Cl)c3)no2)c(C)c1. The van der Waals surface area contributed by atoms with Gasteiger partial charge in [-0.05, 0) is 37.6 Å². The average Bonchev–Trinajstić information content (AvgIpc) is 3.01. The molecule has 0 atom stereocenters. The van der Waals surface area contributed by atoms with Crippen molar-refractivity contribution in [2.24, 2.45) is 0 Å². The number of aryl methyl sites for hydroxylation is 2. The van der Waals surface area contributed by atoms with Crippen molar-refractivity contribution < 1.29 is 9.32 Å². The Bertz CT molecular complexity index is 889. The number of nitrogens with zero attached hydrogens (tertiary/aromatic N) is 2. The molecule has 0 radical (unpaired) electrons. The monoisotopic (exact) mass is 341 g/mol. The van der Waals surface area contributed by atoms with Crippen LogP contribution in [0.4, 0.5) is 0 Å². The van der Waals surface area contributed by atoms with E-state index < -0.39 is 0 Å². The number of hydrogen-bond donors (Lipinski definition) is 1. The summed E-state index contributed by atoms with van der Waals surface area (Å²) in [5.41, 5.74) is 3.44.